The molecule has 24 heavy (non-hydrogen) atoms. The predicted molar refractivity (Wildman–Crippen MR) is 103 cm³/mol. The molecule has 1 aliphatic rings. The van der Waals surface area contributed by atoms with Gasteiger partial charge >= 0.3 is 0 Å². The fourth-order valence-electron chi connectivity index (χ4n) is 2.69. The maximum absolute atomic E-state index is 12.1. The summed E-state index contributed by atoms with van der Waals surface area (Å²) in [7, 11) is 3.94. The third kappa shape index (κ3) is 8.51. The summed E-state index contributed by atoms with van der Waals surface area (Å²) in [4.78, 5) is 27.9. The number of piperidine rings is 1. The zero-order valence-corrected chi connectivity index (χ0v) is 16.9. The van der Waals surface area contributed by atoms with Crippen molar-refractivity contribution in [3.8, 4) is 0 Å². The first-order valence-corrected chi connectivity index (χ1v) is 8.30. The van der Waals surface area contributed by atoms with E-state index in [2.05, 4.69) is 17.3 Å². The molecular formula is C16H34Cl2N4O2. The van der Waals surface area contributed by atoms with Crippen LogP contribution in [0.15, 0.2) is 0 Å². The van der Waals surface area contributed by atoms with Crippen LogP contribution in [-0.4, -0.2) is 67.4 Å². The van der Waals surface area contributed by atoms with E-state index < -0.39 is 6.04 Å². The predicted octanol–water partition coefficient (Wildman–Crippen LogP) is 1.26. The van der Waals surface area contributed by atoms with Gasteiger partial charge in [-0.05, 0) is 38.8 Å². The number of nitrogens with one attached hydrogen (secondary N) is 1. The standard InChI is InChI=1S/C16H32N4O2.2ClH/c1-12(2)15(17)16(22)18-11-14(21)20(4)10-8-13-7-5-6-9-19(13)3;;/h12-13,15H,5-11,17H2,1-4H3,(H,18,22);2*1H/t13?,15-;;/m0../s1. The number of carbonyl (C=O) groups is 2. The van der Waals surface area contributed by atoms with E-state index in [-0.39, 0.29) is 49.1 Å². The molecule has 1 heterocycles. The van der Waals surface area contributed by atoms with Crippen LogP contribution in [0.3, 0.4) is 0 Å². The van der Waals surface area contributed by atoms with Gasteiger partial charge in [-0.15, -0.1) is 24.8 Å². The molecule has 0 radical (unpaired) electrons. The minimum absolute atomic E-state index is 0. The van der Waals surface area contributed by atoms with E-state index in [0.717, 1.165) is 19.5 Å². The molecule has 3 N–H and O–H groups in total. The summed E-state index contributed by atoms with van der Waals surface area (Å²) in [6.07, 6.45) is 4.73. The van der Waals surface area contributed by atoms with Crippen molar-refractivity contribution in [1.82, 2.24) is 15.1 Å². The molecule has 144 valence electrons. The molecule has 1 fully saturated rings. The summed E-state index contributed by atoms with van der Waals surface area (Å²) < 4.78 is 0. The normalized spacial score (nSPS) is 19.0. The fraction of sp³-hybridized carbons (Fsp3) is 0.875. The summed E-state index contributed by atoms with van der Waals surface area (Å²) in [6.45, 7) is 5.67. The molecule has 0 bridgehead atoms. The first-order valence-electron chi connectivity index (χ1n) is 8.30. The van der Waals surface area contributed by atoms with Crippen LogP contribution >= 0.6 is 24.8 Å². The Balaban J connectivity index is 0. The molecule has 0 aromatic carbocycles. The molecule has 0 aliphatic carbocycles. The highest BCUT2D eigenvalue weighted by Crippen LogP contribution is 2.17. The molecule has 0 aromatic rings. The second kappa shape index (κ2) is 12.8. The molecule has 1 unspecified atom stereocenters. The van der Waals surface area contributed by atoms with Gasteiger partial charge in [0.15, 0.2) is 0 Å². The number of likely N-dealkylation sites (tertiary alicyclic amines) is 1. The van der Waals surface area contributed by atoms with Crippen molar-refractivity contribution in [3.63, 3.8) is 0 Å². The molecule has 0 spiro atoms. The lowest BCUT2D eigenvalue weighted by Crippen LogP contribution is -2.47. The first kappa shape index (κ1) is 25.7. The van der Waals surface area contributed by atoms with Gasteiger partial charge in [0.25, 0.3) is 0 Å². The highest BCUT2D eigenvalue weighted by atomic mass is 35.5. The Bertz CT molecular complexity index is 383. The second-order valence-electron chi connectivity index (χ2n) is 6.72. The zero-order chi connectivity index (χ0) is 16.7. The molecular weight excluding hydrogens is 351 g/mol. The van der Waals surface area contributed by atoms with Crippen molar-refractivity contribution in [2.75, 3.05) is 33.7 Å². The van der Waals surface area contributed by atoms with Crippen LogP contribution in [0.5, 0.6) is 0 Å². The quantitative estimate of drug-likeness (QED) is 0.692. The number of amides is 2. The van der Waals surface area contributed by atoms with Gasteiger partial charge in [0.1, 0.15) is 0 Å². The molecule has 1 rings (SSSR count). The van der Waals surface area contributed by atoms with Crippen LogP contribution in [0.1, 0.15) is 39.5 Å². The van der Waals surface area contributed by atoms with Crippen LogP contribution in [0.4, 0.5) is 0 Å². The Labute approximate surface area is 158 Å². The molecule has 8 heteroatoms. The van der Waals surface area contributed by atoms with Crippen LogP contribution < -0.4 is 11.1 Å². The fourth-order valence-corrected chi connectivity index (χ4v) is 2.69. The van der Waals surface area contributed by atoms with Crippen molar-refractivity contribution >= 4 is 36.6 Å². The highest BCUT2D eigenvalue weighted by Gasteiger charge is 2.21. The van der Waals surface area contributed by atoms with Gasteiger partial charge in [0, 0.05) is 19.6 Å². The average Bonchev–Trinajstić information content (AvgIpc) is 2.50. The maximum Gasteiger partial charge on any atom is 0.241 e. The number of nitrogens with two attached hydrogens (primary N) is 1. The van der Waals surface area contributed by atoms with E-state index in [4.69, 9.17) is 5.73 Å². The summed E-state index contributed by atoms with van der Waals surface area (Å²) in [5, 5.41) is 2.63. The van der Waals surface area contributed by atoms with Crippen LogP contribution in [0.25, 0.3) is 0 Å². The van der Waals surface area contributed by atoms with Crippen molar-refractivity contribution in [3.05, 3.63) is 0 Å². The van der Waals surface area contributed by atoms with E-state index in [1.165, 1.54) is 19.3 Å². The van der Waals surface area contributed by atoms with Crippen LogP contribution in [0.2, 0.25) is 0 Å². The molecule has 2 atom stereocenters. The number of carbonyl (C=O) groups excluding carboxylic acids is 2. The number of likely N-dealkylation sites (N-methyl/N-ethyl adjacent to an activating group) is 1. The number of hydrogen-bond donors (Lipinski definition) is 2. The summed E-state index contributed by atoms with van der Waals surface area (Å²) >= 11 is 0. The van der Waals surface area contributed by atoms with Gasteiger partial charge in [-0.25, -0.2) is 0 Å². The third-order valence-electron chi connectivity index (χ3n) is 4.58. The van der Waals surface area contributed by atoms with Gasteiger partial charge in [-0.3, -0.25) is 9.59 Å². The number of nitrogens with zero attached hydrogens (tertiary/aromatic N) is 2. The van der Waals surface area contributed by atoms with E-state index >= 15 is 0 Å². The van der Waals surface area contributed by atoms with Gasteiger partial charge in [-0.1, -0.05) is 20.3 Å². The summed E-state index contributed by atoms with van der Waals surface area (Å²) in [5.41, 5.74) is 5.75. The van der Waals surface area contributed by atoms with Gasteiger partial charge in [0.05, 0.1) is 12.6 Å². The number of hydrogen-bond acceptors (Lipinski definition) is 4. The van der Waals surface area contributed by atoms with E-state index in [1.807, 2.05) is 13.8 Å². The summed E-state index contributed by atoms with van der Waals surface area (Å²) in [6, 6.07) is 0.00180. The van der Waals surface area contributed by atoms with Gasteiger partial charge < -0.3 is 20.9 Å². The Morgan fingerprint density at radius 1 is 1.29 bits per heavy atom. The van der Waals surface area contributed by atoms with Crippen molar-refractivity contribution in [2.45, 2.75) is 51.6 Å². The molecule has 2 amide bonds. The zero-order valence-electron chi connectivity index (χ0n) is 15.3. The Hall–Kier alpha value is -0.560. The molecule has 6 nitrogen and oxygen atoms in total. The van der Waals surface area contributed by atoms with Crippen LogP contribution in [-0.2, 0) is 9.59 Å². The lowest BCUT2D eigenvalue weighted by molar-refractivity contribution is -0.132. The minimum Gasteiger partial charge on any atom is -0.346 e. The smallest absolute Gasteiger partial charge is 0.241 e. The van der Waals surface area contributed by atoms with Crippen molar-refractivity contribution in [2.24, 2.45) is 11.7 Å². The topological polar surface area (TPSA) is 78.7 Å². The Kier molecular flexibility index (Phi) is 13.6. The number of rotatable bonds is 7. The van der Waals surface area contributed by atoms with Crippen molar-refractivity contribution < 1.29 is 9.59 Å². The monoisotopic (exact) mass is 384 g/mol. The van der Waals surface area contributed by atoms with E-state index in [0.29, 0.717) is 6.04 Å². The molecule has 0 aromatic heterocycles. The molecule has 1 aliphatic heterocycles. The largest absolute Gasteiger partial charge is 0.346 e. The molecule has 1 saturated heterocycles. The SMILES string of the molecule is CC(C)[C@H](N)C(=O)NCC(=O)N(C)CCC1CCCCN1C.Cl.Cl. The van der Waals surface area contributed by atoms with E-state index in [9.17, 15) is 9.59 Å². The maximum atomic E-state index is 12.1. The van der Waals surface area contributed by atoms with Crippen LogP contribution in [0, 0.1) is 5.92 Å². The average molecular weight is 385 g/mol. The van der Waals surface area contributed by atoms with Crippen molar-refractivity contribution in [1.29, 1.82) is 0 Å². The lowest BCUT2D eigenvalue weighted by atomic mass is 10.00. The van der Waals surface area contributed by atoms with Gasteiger partial charge in [0.2, 0.25) is 11.8 Å². The highest BCUT2D eigenvalue weighted by molar-refractivity contribution is 5.87. The first-order chi connectivity index (χ1) is 10.3. The third-order valence-corrected chi connectivity index (χ3v) is 4.58. The second-order valence-corrected chi connectivity index (χ2v) is 6.72. The summed E-state index contributed by atoms with van der Waals surface area (Å²) in [5.74, 6) is -0.263. The van der Waals surface area contributed by atoms with E-state index in [1.54, 1.807) is 11.9 Å². The number of halogens is 2. The lowest BCUT2D eigenvalue weighted by Gasteiger charge is -2.33. The van der Waals surface area contributed by atoms with Gasteiger partial charge in [-0.2, -0.15) is 0 Å². The Morgan fingerprint density at radius 3 is 2.46 bits per heavy atom. The Morgan fingerprint density at radius 2 is 1.92 bits per heavy atom. The minimum atomic E-state index is -0.561. The molecule has 0 saturated carbocycles.